The number of halogens is 6. The number of fused-ring (bicyclic) bond motifs is 3. The third-order valence-electron chi connectivity index (χ3n) is 4.44. The Balaban J connectivity index is 2.39. The van der Waals surface area contributed by atoms with Gasteiger partial charge < -0.3 is 10.8 Å². The van der Waals surface area contributed by atoms with Gasteiger partial charge >= 0.3 is 12.4 Å². The summed E-state index contributed by atoms with van der Waals surface area (Å²) in [6, 6.07) is 7.21. The second-order valence-electron chi connectivity index (χ2n) is 6.25. The molecule has 0 heterocycles. The summed E-state index contributed by atoms with van der Waals surface area (Å²) in [5, 5.41) is 10.9. The molecule has 8 heteroatoms. The normalized spacial score (nSPS) is 14.1. The molecule has 1 atom stereocenters. The van der Waals surface area contributed by atoms with Crippen molar-refractivity contribution in [3.8, 4) is 0 Å². The van der Waals surface area contributed by atoms with Crippen LogP contribution in [-0.2, 0) is 12.4 Å². The second kappa shape index (κ2) is 6.69. The molecule has 0 radical (unpaired) electrons. The fourth-order valence-electron chi connectivity index (χ4n) is 3.12. The van der Waals surface area contributed by atoms with Crippen LogP contribution in [0, 0.1) is 0 Å². The molecule has 0 spiro atoms. The summed E-state index contributed by atoms with van der Waals surface area (Å²) >= 11 is 0. The van der Waals surface area contributed by atoms with Gasteiger partial charge in [-0.3, -0.25) is 0 Å². The molecular weight excluding hydrogens is 372 g/mol. The minimum atomic E-state index is -4.64. The summed E-state index contributed by atoms with van der Waals surface area (Å²) in [5.41, 5.74) is 3.84. The number of benzene rings is 3. The van der Waals surface area contributed by atoms with Crippen LogP contribution in [0.2, 0.25) is 0 Å². The molecule has 0 amide bonds. The SMILES string of the molecule is NCCC(O)c1cc2ccc(C(F)(F)F)cc2c2cc(C(F)(F)F)ccc12. The van der Waals surface area contributed by atoms with Gasteiger partial charge in [-0.05, 0) is 70.4 Å². The summed E-state index contributed by atoms with van der Waals surface area (Å²) in [6.07, 6.45) is -10.1. The Morgan fingerprint density at radius 3 is 1.89 bits per heavy atom. The Hall–Kier alpha value is -2.32. The van der Waals surface area contributed by atoms with Gasteiger partial charge in [0.2, 0.25) is 0 Å². The van der Waals surface area contributed by atoms with Crippen molar-refractivity contribution >= 4 is 21.5 Å². The number of hydrogen-bond donors (Lipinski definition) is 2. The Bertz CT molecular complexity index is 993. The predicted octanol–water partition coefficient (Wildman–Crippen LogP) is 5.41. The monoisotopic (exact) mass is 387 g/mol. The Kier molecular flexibility index (Phi) is 4.81. The quantitative estimate of drug-likeness (QED) is 0.466. The molecule has 0 saturated heterocycles. The molecule has 0 aliphatic rings. The van der Waals surface area contributed by atoms with Crippen LogP contribution in [0.5, 0.6) is 0 Å². The Labute approximate surface area is 150 Å². The number of nitrogens with two attached hydrogens (primary N) is 1. The van der Waals surface area contributed by atoms with E-state index < -0.39 is 29.6 Å². The van der Waals surface area contributed by atoms with Crippen molar-refractivity contribution in [1.29, 1.82) is 0 Å². The molecule has 3 aromatic rings. The van der Waals surface area contributed by atoms with Crippen molar-refractivity contribution in [1.82, 2.24) is 0 Å². The van der Waals surface area contributed by atoms with Gasteiger partial charge in [0.05, 0.1) is 17.2 Å². The minimum Gasteiger partial charge on any atom is -0.388 e. The van der Waals surface area contributed by atoms with Gasteiger partial charge in [-0.15, -0.1) is 0 Å². The van der Waals surface area contributed by atoms with Gasteiger partial charge in [0, 0.05) is 0 Å². The maximum Gasteiger partial charge on any atom is 0.416 e. The third-order valence-corrected chi connectivity index (χ3v) is 4.44. The zero-order valence-corrected chi connectivity index (χ0v) is 13.8. The number of alkyl halides is 6. The largest absolute Gasteiger partial charge is 0.416 e. The lowest BCUT2D eigenvalue weighted by Crippen LogP contribution is -2.09. The first-order valence-electron chi connectivity index (χ1n) is 8.05. The molecular formula is C19H15F6NO. The fraction of sp³-hybridized carbons (Fsp3) is 0.263. The highest BCUT2D eigenvalue weighted by atomic mass is 19.4. The number of aliphatic hydroxyl groups excluding tert-OH is 1. The Morgan fingerprint density at radius 2 is 1.33 bits per heavy atom. The molecule has 2 nitrogen and oxygen atoms in total. The van der Waals surface area contributed by atoms with E-state index in [1.165, 1.54) is 18.2 Å². The average Bonchev–Trinajstić information content (AvgIpc) is 2.58. The van der Waals surface area contributed by atoms with Crippen LogP contribution in [0.15, 0.2) is 42.5 Å². The van der Waals surface area contributed by atoms with Gasteiger partial charge in [0.25, 0.3) is 0 Å². The molecule has 0 bridgehead atoms. The van der Waals surface area contributed by atoms with E-state index in [0.29, 0.717) is 10.9 Å². The highest BCUT2D eigenvalue weighted by molar-refractivity contribution is 6.09. The smallest absolute Gasteiger partial charge is 0.388 e. The third kappa shape index (κ3) is 3.72. The van der Waals surface area contributed by atoms with E-state index in [9.17, 15) is 31.4 Å². The lowest BCUT2D eigenvalue weighted by atomic mass is 9.91. The summed E-state index contributed by atoms with van der Waals surface area (Å²) in [7, 11) is 0. The maximum absolute atomic E-state index is 13.1. The molecule has 0 aliphatic heterocycles. The highest BCUT2D eigenvalue weighted by Gasteiger charge is 2.32. The van der Waals surface area contributed by atoms with E-state index in [4.69, 9.17) is 5.73 Å². The van der Waals surface area contributed by atoms with E-state index in [1.54, 1.807) is 0 Å². The first-order chi connectivity index (χ1) is 12.5. The van der Waals surface area contributed by atoms with Crippen molar-refractivity contribution in [3.05, 3.63) is 59.2 Å². The molecule has 1 unspecified atom stereocenters. The summed E-state index contributed by atoms with van der Waals surface area (Å²) in [6.45, 7) is 0.147. The molecule has 0 aromatic heterocycles. The molecule has 3 N–H and O–H groups in total. The molecule has 144 valence electrons. The average molecular weight is 387 g/mol. The van der Waals surface area contributed by atoms with Gasteiger partial charge in [0.1, 0.15) is 0 Å². The van der Waals surface area contributed by atoms with Crippen LogP contribution < -0.4 is 5.73 Å². The van der Waals surface area contributed by atoms with Crippen molar-refractivity contribution in [2.45, 2.75) is 24.9 Å². The van der Waals surface area contributed by atoms with Crippen LogP contribution >= 0.6 is 0 Å². The minimum absolute atomic E-state index is 0.000466. The number of rotatable bonds is 3. The van der Waals surface area contributed by atoms with Crippen molar-refractivity contribution in [3.63, 3.8) is 0 Å². The van der Waals surface area contributed by atoms with Crippen molar-refractivity contribution < 1.29 is 31.4 Å². The van der Waals surface area contributed by atoms with Gasteiger partial charge in [-0.2, -0.15) is 26.3 Å². The molecule has 0 saturated carbocycles. The van der Waals surface area contributed by atoms with Crippen molar-refractivity contribution in [2.24, 2.45) is 5.73 Å². The molecule has 3 rings (SSSR count). The van der Waals surface area contributed by atoms with Gasteiger partial charge in [0.15, 0.2) is 0 Å². The summed E-state index contributed by atoms with van der Waals surface area (Å²) in [4.78, 5) is 0. The molecule has 0 aliphatic carbocycles. The first-order valence-corrected chi connectivity index (χ1v) is 8.05. The van der Waals surface area contributed by atoms with E-state index in [2.05, 4.69) is 0 Å². The highest BCUT2D eigenvalue weighted by Crippen LogP contribution is 2.39. The van der Waals surface area contributed by atoms with Crippen LogP contribution in [0.3, 0.4) is 0 Å². The first kappa shape index (κ1) is 19.4. The van der Waals surface area contributed by atoms with Gasteiger partial charge in [-0.25, -0.2) is 0 Å². The maximum atomic E-state index is 13.1. The zero-order valence-electron chi connectivity index (χ0n) is 13.8. The molecule has 27 heavy (non-hydrogen) atoms. The zero-order chi connectivity index (χ0) is 20.0. The number of aliphatic hydroxyl groups is 1. The molecule has 0 fully saturated rings. The van der Waals surface area contributed by atoms with Crippen LogP contribution in [-0.4, -0.2) is 11.7 Å². The van der Waals surface area contributed by atoms with E-state index >= 15 is 0 Å². The fourth-order valence-corrected chi connectivity index (χ4v) is 3.12. The molecule has 3 aromatic carbocycles. The van der Waals surface area contributed by atoms with Gasteiger partial charge in [-0.1, -0.05) is 12.1 Å². The predicted molar refractivity (Wildman–Crippen MR) is 90.1 cm³/mol. The second-order valence-corrected chi connectivity index (χ2v) is 6.25. The van der Waals surface area contributed by atoms with Crippen molar-refractivity contribution in [2.75, 3.05) is 6.54 Å². The van der Waals surface area contributed by atoms with Crippen LogP contribution in [0.1, 0.15) is 29.2 Å². The standard InChI is InChI=1S/C19H15F6NO/c20-18(21,22)11-2-1-10-7-16(17(27)5-6-26)13-4-3-12(19(23,24)25)9-15(13)14(10)8-11/h1-4,7-9,17,27H,5-6,26H2. The van der Waals surface area contributed by atoms with Crippen LogP contribution in [0.4, 0.5) is 26.3 Å². The lowest BCUT2D eigenvalue weighted by Gasteiger charge is -2.18. The summed E-state index contributed by atoms with van der Waals surface area (Å²) < 4.78 is 78.5. The van der Waals surface area contributed by atoms with Crippen LogP contribution in [0.25, 0.3) is 21.5 Å². The van der Waals surface area contributed by atoms with E-state index in [-0.39, 0.29) is 29.1 Å². The number of hydrogen-bond acceptors (Lipinski definition) is 2. The summed E-state index contributed by atoms with van der Waals surface area (Å²) in [5.74, 6) is 0. The lowest BCUT2D eigenvalue weighted by molar-refractivity contribution is -0.138. The van der Waals surface area contributed by atoms with E-state index in [0.717, 1.165) is 24.3 Å². The topological polar surface area (TPSA) is 46.2 Å². The Morgan fingerprint density at radius 1 is 0.778 bits per heavy atom. The van der Waals surface area contributed by atoms with E-state index in [1.807, 2.05) is 0 Å².